The Kier molecular flexibility index (Phi) is 6.66. The van der Waals surface area contributed by atoms with E-state index in [1.165, 1.54) is 63.3 Å². The van der Waals surface area contributed by atoms with E-state index in [1.807, 2.05) is 12.1 Å². The van der Waals surface area contributed by atoms with Crippen LogP contribution in [0.25, 0.3) is 0 Å². The molecule has 0 heterocycles. The summed E-state index contributed by atoms with van der Waals surface area (Å²) in [7, 11) is 1.26. The molecule has 0 amide bonds. The van der Waals surface area contributed by atoms with Gasteiger partial charge in [-0.3, -0.25) is 0 Å². The minimum atomic E-state index is -4.56. The highest BCUT2D eigenvalue weighted by Gasteiger charge is 2.52. The molecule has 4 aliphatic carbocycles. The lowest BCUT2D eigenvalue weighted by Crippen LogP contribution is -2.48. The Bertz CT molecular complexity index is 1030. The minimum absolute atomic E-state index is 0.0344. The second-order valence-electron chi connectivity index (χ2n) is 12.2. The first-order valence-corrected chi connectivity index (χ1v) is 14.0. The summed E-state index contributed by atoms with van der Waals surface area (Å²) in [6.07, 6.45) is 3.57. The summed E-state index contributed by atoms with van der Waals surface area (Å²) in [4.78, 5) is 0. The van der Waals surface area contributed by atoms with Crippen LogP contribution in [0.3, 0.4) is 0 Å². The van der Waals surface area contributed by atoms with Crippen molar-refractivity contribution in [2.75, 3.05) is 7.05 Å². The van der Waals surface area contributed by atoms with Gasteiger partial charge in [0.15, 0.2) is 6.04 Å². The molecule has 0 spiro atoms. The molecular formula is C29H36F3NO2S. The van der Waals surface area contributed by atoms with Crippen molar-refractivity contribution >= 4 is 11.4 Å². The molecule has 0 radical (unpaired) electrons. The third-order valence-electron chi connectivity index (χ3n) is 8.40. The number of benzene rings is 2. The average molecular weight is 520 g/mol. The van der Waals surface area contributed by atoms with Gasteiger partial charge in [0.2, 0.25) is 0 Å². The normalized spacial score (nSPS) is 29.4. The molecule has 36 heavy (non-hydrogen) atoms. The molecule has 0 N–H and O–H groups in total. The number of hydrogen-bond donors (Lipinski definition) is 0. The second-order valence-corrected chi connectivity index (χ2v) is 14.5. The van der Waals surface area contributed by atoms with E-state index < -0.39 is 28.3 Å². The first-order valence-electron chi connectivity index (χ1n) is 12.9. The molecule has 0 aromatic heterocycles. The molecule has 4 fully saturated rings. The molecule has 2 unspecified atom stereocenters. The topological polar surface area (TPSA) is 35.5 Å². The maximum Gasteiger partial charge on any atom is 0.412 e. The van der Waals surface area contributed by atoms with Crippen LogP contribution in [0.15, 0.2) is 48.5 Å². The Hall–Kier alpha value is -1.70. The Morgan fingerprint density at radius 1 is 0.861 bits per heavy atom. The van der Waals surface area contributed by atoms with Gasteiger partial charge in [0.1, 0.15) is 16.2 Å². The Morgan fingerprint density at radius 2 is 1.31 bits per heavy atom. The van der Waals surface area contributed by atoms with Crippen LogP contribution in [0.1, 0.15) is 76.5 Å². The van der Waals surface area contributed by atoms with Crippen LogP contribution < -0.4 is 4.74 Å². The SMILES string of the molecule is CN(C(c1ccc(Oc2ccc(C34CC5CC(CC(C5)C3)C4)cc2)cc1)C(F)(F)F)[S+]([O-])C(C)(C)C. The molecule has 2 aromatic carbocycles. The Balaban J connectivity index is 1.29. The lowest BCUT2D eigenvalue weighted by atomic mass is 9.48. The van der Waals surface area contributed by atoms with Gasteiger partial charge >= 0.3 is 6.18 Å². The summed E-state index contributed by atoms with van der Waals surface area (Å²) < 4.78 is 60.6. The van der Waals surface area contributed by atoms with E-state index in [4.69, 9.17) is 4.74 Å². The van der Waals surface area contributed by atoms with Crippen molar-refractivity contribution in [3.05, 3.63) is 59.7 Å². The highest BCUT2D eigenvalue weighted by molar-refractivity contribution is 7.90. The minimum Gasteiger partial charge on any atom is -0.597 e. The van der Waals surface area contributed by atoms with Crippen LogP contribution >= 0.6 is 0 Å². The Labute approximate surface area is 215 Å². The molecule has 6 rings (SSSR count). The van der Waals surface area contributed by atoms with Crippen LogP contribution in [-0.4, -0.2) is 26.8 Å². The molecule has 0 aliphatic heterocycles. The van der Waals surface area contributed by atoms with Crippen molar-refractivity contribution in [3.63, 3.8) is 0 Å². The summed E-state index contributed by atoms with van der Waals surface area (Å²) in [6.45, 7) is 5.00. The fourth-order valence-corrected chi connectivity index (χ4v) is 8.62. The van der Waals surface area contributed by atoms with Crippen molar-refractivity contribution < 1.29 is 22.5 Å². The van der Waals surface area contributed by atoms with Gasteiger partial charge in [0.25, 0.3) is 0 Å². The highest BCUT2D eigenvalue weighted by atomic mass is 32.2. The van der Waals surface area contributed by atoms with Crippen LogP contribution in [0.5, 0.6) is 11.5 Å². The highest BCUT2D eigenvalue weighted by Crippen LogP contribution is 2.60. The largest absolute Gasteiger partial charge is 0.597 e. The molecule has 0 saturated heterocycles. The third-order valence-corrected chi connectivity index (χ3v) is 10.2. The number of alkyl halides is 3. The second kappa shape index (κ2) is 9.25. The van der Waals surface area contributed by atoms with E-state index in [2.05, 4.69) is 12.1 Å². The van der Waals surface area contributed by atoms with Crippen LogP contribution in [-0.2, 0) is 16.8 Å². The monoisotopic (exact) mass is 519 g/mol. The third kappa shape index (κ3) is 5.03. The van der Waals surface area contributed by atoms with Gasteiger partial charge in [-0.2, -0.15) is 13.2 Å². The summed E-state index contributed by atoms with van der Waals surface area (Å²) in [6, 6.07) is 12.3. The van der Waals surface area contributed by atoms with E-state index in [0.717, 1.165) is 22.1 Å². The number of rotatable bonds is 6. The van der Waals surface area contributed by atoms with Crippen molar-refractivity contribution in [2.45, 2.75) is 81.7 Å². The zero-order valence-corrected chi connectivity index (χ0v) is 22.3. The van der Waals surface area contributed by atoms with Gasteiger partial charge in [-0.05, 0) is 118 Å². The summed E-state index contributed by atoms with van der Waals surface area (Å²) in [5.74, 6) is 3.79. The number of hydrogen-bond acceptors (Lipinski definition) is 3. The van der Waals surface area contributed by atoms with Gasteiger partial charge in [0.05, 0.1) is 0 Å². The van der Waals surface area contributed by atoms with Crippen molar-refractivity contribution in [3.8, 4) is 11.5 Å². The van der Waals surface area contributed by atoms with Gasteiger partial charge in [-0.1, -0.05) is 24.3 Å². The summed E-state index contributed by atoms with van der Waals surface area (Å²) in [5.41, 5.74) is 1.76. The molecular weight excluding hydrogens is 483 g/mol. The number of halogens is 3. The average Bonchev–Trinajstić information content (AvgIpc) is 2.78. The Morgan fingerprint density at radius 3 is 1.72 bits per heavy atom. The van der Waals surface area contributed by atoms with Crippen LogP contribution in [0.2, 0.25) is 0 Å². The van der Waals surface area contributed by atoms with Crippen LogP contribution in [0.4, 0.5) is 13.2 Å². The maximum atomic E-state index is 14.0. The first kappa shape index (κ1) is 25.9. The smallest absolute Gasteiger partial charge is 0.412 e. The van der Waals surface area contributed by atoms with E-state index in [0.29, 0.717) is 16.9 Å². The maximum absolute atomic E-state index is 14.0. The van der Waals surface area contributed by atoms with Crippen molar-refractivity contribution in [2.24, 2.45) is 17.8 Å². The first-order chi connectivity index (χ1) is 16.8. The van der Waals surface area contributed by atoms with Gasteiger partial charge in [-0.15, -0.1) is 4.31 Å². The molecule has 2 aromatic rings. The summed E-state index contributed by atoms with van der Waals surface area (Å²) >= 11 is -1.82. The number of ether oxygens (including phenoxy) is 1. The fraction of sp³-hybridized carbons (Fsp3) is 0.586. The standard InChI is InChI=1S/C29H36F3NO2S/c1-27(2,3)36(34)33(4)26(29(30,31)32)22-5-9-24(10-6-22)35-25-11-7-23(8-12-25)28-16-19-13-20(17-28)15-21(14-19)18-28/h5-12,19-21,26H,13-18H2,1-4H3. The predicted octanol–water partition coefficient (Wildman–Crippen LogP) is 7.94. The zero-order valence-electron chi connectivity index (χ0n) is 21.5. The molecule has 196 valence electrons. The van der Waals surface area contributed by atoms with E-state index >= 15 is 0 Å². The molecule has 4 saturated carbocycles. The van der Waals surface area contributed by atoms with Gasteiger partial charge in [-0.25, -0.2) is 0 Å². The van der Waals surface area contributed by atoms with Gasteiger partial charge in [0, 0.05) is 18.4 Å². The van der Waals surface area contributed by atoms with Crippen LogP contribution in [0, 0.1) is 17.8 Å². The van der Waals surface area contributed by atoms with E-state index in [1.54, 1.807) is 32.9 Å². The van der Waals surface area contributed by atoms with Gasteiger partial charge < -0.3 is 9.29 Å². The molecule has 2 atom stereocenters. The lowest BCUT2D eigenvalue weighted by Gasteiger charge is -2.57. The fourth-order valence-electron chi connectivity index (χ4n) is 7.33. The van der Waals surface area contributed by atoms with E-state index in [9.17, 15) is 17.7 Å². The zero-order chi connectivity index (χ0) is 25.9. The predicted molar refractivity (Wildman–Crippen MR) is 137 cm³/mol. The number of nitrogens with zero attached hydrogens (tertiary/aromatic N) is 1. The molecule has 4 bridgehead atoms. The lowest BCUT2D eigenvalue weighted by molar-refractivity contribution is -0.171. The van der Waals surface area contributed by atoms with Crippen molar-refractivity contribution in [1.82, 2.24) is 4.31 Å². The molecule has 3 nitrogen and oxygen atoms in total. The molecule has 4 aliphatic rings. The van der Waals surface area contributed by atoms with Crippen molar-refractivity contribution in [1.29, 1.82) is 0 Å². The molecule has 7 heteroatoms. The quantitative estimate of drug-likeness (QED) is 0.363. The van der Waals surface area contributed by atoms with E-state index in [-0.39, 0.29) is 5.56 Å². The summed E-state index contributed by atoms with van der Waals surface area (Å²) in [5, 5.41) is 0.